The molecule has 1 saturated carbocycles. The van der Waals surface area contributed by atoms with Gasteiger partial charge in [0, 0.05) is 23.8 Å². The van der Waals surface area contributed by atoms with E-state index in [0.29, 0.717) is 28.1 Å². The van der Waals surface area contributed by atoms with Crippen LogP contribution in [0.5, 0.6) is 11.5 Å². The number of aromatic nitrogens is 3. The quantitative estimate of drug-likeness (QED) is 0.337. The zero-order chi connectivity index (χ0) is 26.4. The normalized spacial score (nSPS) is 14.4. The highest BCUT2D eigenvalue weighted by molar-refractivity contribution is 5.91. The van der Waals surface area contributed by atoms with E-state index in [-0.39, 0.29) is 42.1 Å². The summed E-state index contributed by atoms with van der Waals surface area (Å²) in [5, 5.41) is 5.91. The van der Waals surface area contributed by atoms with E-state index in [2.05, 4.69) is 20.4 Å². The minimum atomic E-state index is -4.46. The highest BCUT2D eigenvalue weighted by Crippen LogP contribution is 2.59. The minimum Gasteiger partial charge on any atom is -0.493 e. The fourth-order valence-electron chi connectivity index (χ4n) is 4.07. The summed E-state index contributed by atoms with van der Waals surface area (Å²) in [4.78, 5) is 21.2. The van der Waals surface area contributed by atoms with Crippen molar-refractivity contribution in [2.45, 2.75) is 30.9 Å². The first kappa shape index (κ1) is 24.5. The van der Waals surface area contributed by atoms with Gasteiger partial charge >= 0.3 is 6.18 Å². The molecule has 192 valence electrons. The molecule has 5 rings (SSSR count). The molecule has 0 aliphatic heterocycles. The smallest absolute Gasteiger partial charge is 0.401 e. The number of halogens is 4. The fourth-order valence-corrected chi connectivity index (χ4v) is 4.07. The van der Waals surface area contributed by atoms with Gasteiger partial charge in [-0.1, -0.05) is 11.2 Å². The third-order valence-electron chi connectivity index (χ3n) is 6.26. The monoisotopic (exact) mass is 516 g/mol. The van der Waals surface area contributed by atoms with Gasteiger partial charge in [-0.15, -0.1) is 0 Å². The van der Waals surface area contributed by atoms with Crippen LogP contribution in [0.1, 0.15) is 24.2 Å². The van der Waals surface area contributed by atoms with Crippen LogP contribution in [-0.4, -0.2) is 41.4 Å². The maximum atomic E-state index is 15.0. The lowest BCUT2D eigenvalue weighted by molar-refractivity contribution is -0.165. The minimum absolute atomic E-state index is 0.0893. The van der Waals surface area contributed by atoms with Gasteiger partial charge in [-0.2, -0.15) is 13.2 Å². The number of amides is 1. The molecule has 0 spiro atoms. The summed E-state index contributed by atoms with van der Waals surface area (Å²) in [6.07, 6.45) is -3.44. The van der Waals surface area contributed by atoms with Crippen molar-refractivity contribution in [1.82, 2.24) is 15.1 Å². The number of benzene rings is 2. The van der Waals surface area contributed by atoms with Gasteiger partial charge in [0.05, 0.1) is 43.6 Å². The van der Waals surface area contributed by atoms with Crippen molar-refractivity contribution < 1.29 is 36.4 Å². The Balaban J connectivity index is 1.30. The summed E-state index contributed by atoms with van der Waals surface area (Å²) in [6, 6.07) is 8.58. The Morgan fingerprint density at radius 3 is 2.41 bits per heavy atom. The molecular weight excluding hydrogens is 496 g/mol. The maximum absolute atomic E-state index is 15.0. The number of nitrogens with zero attached hydrogens (tertiary/aromatic N) is 3. The molecule has 1 fully saturated rings. The van der Waals surface area contributed by atoms with Crippen molar-refractivity contribution in [3.63, 3.8) is 0 Å². The predicted molar refractivity (Wildman–Crippen MR) is 124 cm³/mol. The molecule has 1 N–H and O–H groups in total. The topological polar surface area (TPSA) is 99.4 Å². The van der Waals surface area contributed by atoms with Gasteiger partial charge in [-0.05, 0) is 30.5 Å². The van der Waals surface area contributed by atoms with E-state index in [1.54, 1.807) is 18.2 Å². The lowest BCUT2D eigenvalue weighted by atomic mass is 10.0. The van der Waals surface area contributed by atoms with Gasteiger partial charge < -0.3 is 19.3 Å². The predicted octanol–water partition coefficient (Wildman–Crippen LogP) is 5.22. The summed E-state index contributed by atoms with van der Waals surface area (Å²) in [5.41, 5.74) is -0.225. The standard InChI is InChI=1S/C25H20F4N4O4/c1-35-19-9-16-17(10-20(19)36-2)31-18(12-30-16)14-4-3-13(7-15(14)26)8-23(34)32-22-11-21(37-33-22)24(5-6-24)25(27,28)29/h3-4,7,9-12H,5-6,8H2,1-2H3,(H,32,33,34). The number of ether oxygens (including phenoxy) is 2. The molecule has 0 atom stereocenters. The average molecular weight is 516 g/mol. The summed E-state index contributed by atoms with van der Waals surface area (Å²) in [7, 11) is 2.99. The SMILES string of the molecule is COc1cc2ncc(-c3ccc(CC(=O)Nc4cc(C5(C(F)(F)F)CC5)on4)cc3F)nc2cc1OC. The van der Waals surface area contributed by atoms with Crippen molar-refractivity contribution >= 4 is 22.8 Å². The van der Waals surface area contributed by atoms with E-state index in [9.17, 15) is 22.4 Å². The highest BCUT2D eigenvalue weighted by atomic mass is 19.4. The van der Waals surface area contributed by atoms with Crippen LogP contribution in [0.4, 0.5) is 23.4 Å². The molecule has 1 amide bonds. The Morgan fingerprint density at radius 1 is 1.08 bits per heavy atom. The van der Waals surface area contributed by atoms with Crippen LogP contribution < -0.4 is 14.8 Å². The average Bonchev–Trinajstić information content (AvgIpc) is 3.56. The van der Waals surface area contributed by atoms with Crippen molar-refractivity contribution in [2.24, 2.45) is 0 Å². The van der Waals surface area contributed by atoms with Gasteiger partial charge in [-0.3, -0.25) is 9.78 Å². The van der Waals surface area contributed by atoms with Gasteiger partial charge in [0.15, 0.2) is 23.1 Å². The van der Waals surface area contributed by atoms with E-state index >= 15 is 0 Å². The zero-order valence-corrected chi connectivity index (χ0v) is 19.6. The lowest BCUT2D eigenvalue weighted by Gasteiger charge is -2.14. The molecule has 37 heavy (non-hydrogen) atoms. The summed E-state index contributed by atoms with van der Waals surface area (Å²) in [5.74, 6) is -0.739. The number of anilines is 1. The molecule has 0 saturated heterocycles. The molecule has 0 radical (unpaired) electrons. The first-order valence-corrected chi connectivity index (χ1v) is 11.1. The molecule has 0 bridgehead atoms. The van der Waals surface area contributed by atoms with E-state index in [4.69, 9.17) is 14.0 Å². The zero-order valence-electron chi connectivity index (χ0n) is 19.6. The van der Waals surface area contributed by atoms with E-state index < -0.39 is 23.3 Å². The fraction of sp³-hybridized carbons (Fsp3) is 0.280. The van der Waals surface area contributed by atoms with Crippen LogP contribution in [0, 0.1) is 5.82 Å². The molecular formula is C25H20F4N4O4. The number of rotatable bonds is 7. The van der Waals surface area contributed by atoms with Crippen LogP contribution in [0.15, 0.2) is 47.1 Å². The molecule has 12 heteroatoms. The summed E-state index contributed by atoms with van der Waals surface area (Å²) >= 11 is 0. The lowest BCUT2D eigenvalue weighted by Crippen LogP contribution is -2.28. The molecule has 0 unspecified atom stereocenters. The van der Waals surface area contributed by atoms with Gasteiger partial charge in [0.25, 0.3) is 0 Å². The number of carbonyl (C=O) groups excluding carboxylic acids is 1. The summed E-state index contributed by atoms with van der Waals surface area (Å²) in [6.45, 7) is 0. The Hall–Kier alpha value is -4.22. The van der Waals surface area contributed by atoms with E-state index in [1.807, 2.05) is 0 Å². The Bertz CT molecular complexity index is 1500. The first-order chi connectivity index (χ1) is 17.6. The number of hydrogen-bond acceptors (Lipinski definition) is 7. The Kier molecular flexibility index (Phi) is 5.97. The second-order valence-corrected chi connectivity index (χ2v) is 8.65. The van der Waals surface area contributed by atoms with Crippen LogP contribution in [0.3, 0.4) is 0 Å². The number of fused-ring (bicyclic) bond motifs is 1. The largest absolute Gasteiger partial charge is 0.493 e. The molecule has 1 aliphatic rings. The maximum Gasteiger partial charge on any atom is 0.401 e. The van der Waals surface area contributed by atoms with Crippen molar-refractivity contribution in [3.8, 4) is 22.8 Å². The number of hydrogen-bond donors (Lipinski definition) is 1. The first-order valence-electron chi connectivity index (χ1n) is 11.1. The molecule has 4 aromatic rings. The van der Waals surface area contributed by atoms with Crippen LogP contribution in [-0.2, 0) is 16.6 Å². The third kappa shape index (κ3) is 4.54. The number of alkyl halides is 3. The van der Waals surface area contributed by atoms with Crippen molar-refractivity contribution in [1.29, 1.82) is 0 Å². The van der Waals surface area contributed by atoms with Crippen LogP contribution in [0.25, 0.3) is 22.3 Å². The number of methoxy groups -OCH3 is 2. The van der Waals surface area contributed by atoms with Gasteiger partial charge in [0.2, 0.25) is 5.91 Å². The number of carbonyl (C=O) groups is 1. The Labute approximate surface area is 207 Å². The van der Waals surface area contributed by atoms with Gasteiger partial charge in [-0.25, -0.2) is 9.37 Å². The van der Waals surface area contributed by atoms with Gasteiger partial charge in [0.1, 0.15) is 11.2 Å². The molecule has 2 heterocycles. The second kappa shape index (κ2) is 9.02. The second-order valence-electron chi connectivity index (χ2n) is 8.65. The number of nitrogens with one attached hydrogen (secondary N) is 1. The van der Waals surface area contributed by atoms with E-state index in [1.165, 1.54) is 32.5 Å². The molecule has 8 nitrogen and oxygen atoms in total. The van der Waals surface area contributed by atoms with Crippen molar-refractivity contribution in [3.05, 3.63) is 59.7 Å². The highest BCUT2D eigenvalue weighted by Gasteiger charge is 2.66. The van der Waals surface area contributed by atoms with Crippen LogP contribution in [0.2, 0.25) is 0 Å². The van der Waals surface area contributed by atoms with Crippen LogP contribution >= 0.6 is 0 Å². The summed E-state index contributed by atoms with van der Waals surface area (Å²) < 4.78 is 70.1. The molecule has 2 aromatic carbocycles. The Morgan fingerprint density at radius 2 is 1.78 bits per heavy atom. The molecule has 1 aliphatic carbocycles. The van der Waals surface area contributed by atoms with Crippen molar-refractivity contribution in [2.75, 3.05) is 19.5 Å². The van der Waals surface area contributed by atoms with E-state index in [0.717, 1.165) is 6.07 Å². The third-order valence-corrected chi connectivity index (χ3v) is 6.26. The molecule has 2 aromatic heterocycles.